The smallest absolute Gasteiger partial charge is 0.284 e. The van der Waals surface area contributed by atoms with Gasteiger partial charge in [-0.1, -0.05) is 7.43 Å². The molecule has 1 heterocycles. The van der Waals surface area contributed by atoms with E-state index in [1.807, 2.05) is 0 Å². The summed E-state index contributed by atoms with van der Waals surface area (Å²) < 4.78 is 0. The molecule has 1 fully saturated rings. The normalized spacial score (nSPS) is 17.1. The average Bonchev–Trinajstić information content (AvgIpc) is 1.72. The molecule has 0 aromatic rings. The van der Waals surface area contributed by atoms with Crippen LogP contribution in [0.15, 0.2) is 0 Å². The van der Waals surface area contributed by atoms with E-state index >= 15 is 0 Å². The van der Waals surface area contributed by atoms with Crippen molar-refractivity contribution in [2.24, 2.45) is 0 Å². The molecule has 1 aliphatic heterocycles. The van der Waals surface area contributed by atoms with Crippen LogP contribution in [0.5, 0.6) is 0 Å². The van der Waals surface area contributed by atoms with Gasteiger partial charge in [-0.05, 0) is 0 Å². The van der Waals surface area contributed by atoms with Gasteiger partial charge in [-0.3, -0.25) is 0 Å². The van der Waals surface area contributed by atoms with Crippen LogP contribution in [-0.2, 0) is 0 Å². The summed E-state index contributed by atoms with van der Waals surface area (Å²) in [5.41, 5.74) is 0. The molecule has 1 aliphatic rings. The highest BCUT2D eigenvalue weighted by Crippen LogP contribution is 1.46. The number of nitrogens with one attached hydrogen (secondary N) is 3. The summed E-state index contributed by atoms with van der Waals surface area (Å²) in [5.74, 6) is 0. The Hall–Kier alpha value is 0.0748. The van der Waals surface area contributed by atoms with E-state index in [-0.39, 0.29) is 7.43 Å². The summed E-state index contributed by atoms with van der Waals surface area (Å²) in [4.78, 5) is 0. The fourth-order valence-electron chi connectivity index (χ4n) is 0.269. The lowest BCUT2D eigenvalue weighted by Crippen LogP contribution is -2.55. The molecule has 0 aromatic heterocycles. The molecular weight excluding hydrogens is 86.5 g/mol. The van der Waals surface area contributed by atoms with Crippen LogP contribution in [-0.4, -0.2) is 22.6 Å². The van der Waals surface area contributed by atoms with E-state index in [0.29, 0.717) is 0 Å². The topological polar surface area (TPSA) is 36.1 Å². The zero-order valence-corrected chi connectivity index (χ0v) is 3.23. The molecule has 3 radical (unpaired) electrons. The van der Waals surface area contributed by atoms with Crippen LogP contribution in [0.1, 0.15) is 7.43 Å². The van der Waals surface area contributed by atoms with E-state index in [4.69, 9.17) is 0 Å². The molecule has 1 rings (SSSR count). The van der Waals surface area contributed by atoms with Crippen molar-refractivity contribution in [1.29, 1.82) is 0 Å². The molecular formula is CH7B3N3. The Morgan fingerprint density at radius 2 is 1.00 bits per heavy atom. The molecule has 3 nitrogen and oxygen atoms in total. The molecule has 3 N–H and O–H groups in total. The van der Waals surface area contributed by atoms with Gasteiger partial charge in [0.15, 0.2) is 0 Å². The summed E-state index contributed by atoms with van der Waals surface area (Å²) in [6.45, 7) is 0. The molecule has 7 heavy (non-hydrogen) atoms. The van der Waals surface area contributed by atoms with Crippen LogP contribution in [0.4, 0.5) is 0 Å². The summed E-state index contributed by atoms with van der Waals surface area (Å²) in [6.07, 6.45) is 0. The molecule has 0 bridgehead atoms. The van der Waals surface area contributed by atoms with E-state index in [1.165, 1.54) is 0 Å². The molecule has 0 atom stereocenters. The highest BCUT2D eigenvalue weighted by atomic mass is 15.0. The van der Waals surface area contributed by atoms with Gasteiger partial charge in [0, 0.05) is 0 Å². The van der Waals surface area contributed by atoms with Gasteiger partial charge in [0.25, 0.3) is 22.6 Å². The maximum Gasteiger partial charge on any atom is 0.284 e. The quantitative estimate of drug-likeness (QED) is 0.304. The molecule has 0 spiro atoms. The zero-order chi connectivity index (χ0) is 4.24. The van der Waals surface area contributed by atoms with Gasteiger partial charge in [0.2, 0.25) is 0 Å². The van der Waals surface area contributed by atoms with E-state index in [0.717, 1.165) is 0 Å². The first kappa shape index (κ1) is 7.07. The summed E-state index contributed by atoms with van der Waals surface area (Å²) in [5, 5.41) is 8.34. The van der Waals surface area contributed by atoms with E-state index in [9.17, 15) is 0 Å². The summed E-state index contributed by atoms with van der Waals surface area (Å²) in [6, 6.07) is 0. The van der Waals surface area contributed by atoms with Crippen LogP contribution < -0.4 is 15.4 Å². The first-order valence-corrected chi connectivity index (χ1v) is 1.73. The predicted molar refractivity (Wildman–Crippen MR) is 33.4 cm³/mol. The van der Waals surface area contributed by atoms with Crippen LogP contribution in [0, 0.1) is 0 Å². The van der Waals surface area contributed by atoms with Gasteiger partial charge in [-0.15, -0.1) is 0 Å². The van der Waals surface area contributed by atoms with Gasteiger partial charge < -0.3 is 15.4 Å². The van der Waals surface area contributed by atoms with Crippen molar-refractivity contribution in [2.75, 3.05) is 0 Å². The lowest BCUT2D eigenvalue weighted by molar-refractivity contribution is 1.28. The molecule has 1 saturated heterocycles. The van der Waals surface area contributed by atoms with Gasteiger partial charge in [-0.25, -0.2) is 0 Å². The maximum atomic E-state index is 2.78. The minimum atomic E-state index is 0. The minimum Gasteiger partial charge on any atom is -0.379 e. The van der Waals surface area contributed by atoms with Crippen LogP contribution >= 0.6 is 0 Å². The zero-order valence-electron chi connectivity index (χ0n) is 3.23. The Kier molecular flexibility index (Phi) is 4.28. The van der Waals surface area contributed by atoms with E-state index < -0.39 is 0 Å². The van der Waals surface area contributed by atoms with Gasteiger partial charge in [-0.2, -0.15) is 0 Å². The molecule has 35 valence electrons. The number of rotatable bonds is 0. The standard InChI is InChI=1S/CH4.B3H3N3/c;1-4-2-6-3-5-1/h1H4;4-6H. The van der Waals surface area contributed by atoms with Gasteiger partial charge in [0.1, 0.15) is 0 Å². The predicted octanol–water partition coefficient (Wildman–Crippen LogP) is -1.99. The van der Waals surface area contributed by atoms with Crippen molar-refractivity contribution < 1.29 is 0 Å². The van der Waals surface area contributed by atoms with E-state index in [2.05, 4.69) is 15.4 Å². The largest absolute Gasteiger partial charge is 0.379 e. The van der Waals surface area contributed by atoms with Gasteiger partial charge in [0.05, 0.1) is 0 Å². The Morgan fingerprint density at radius 3 is 1.14 bits per heavy atom. The maximum absolute atomic E-state index is 2.78. The molecule has 0 aliphatic carbocycles. The molecule has 0 unspecified atom stereocenters. The third-order valence-corrected chi connectivity index (χ3v) is 0.500. The SMILES string of the molecule is C.[B]1N[B]N[B]N1. The molecule has 0 amide bonds. The highest BCUT2D eigenvalue weighted by Gasteiger charge is 1.98. The third kappa shape index (κ3) is 2.73. The first-order chi connectivity index (χ1) is 3.00. The summed E-state index contributed by atoms with van der Waals surface area (Å²) in [7, 11) is 5.16. The van der Waals surface area contributed by atoms with Crippen molar-refractivity contribution in [2.45, 2.75) is 7.43 Å². The highest BCUT2D eigenvalue weighted by molar-refractivity contribution is 6.65. The fraction of sp³-hybridized carbons (Fsp3) is 1.00. The van der Waals surface area contributed by atoms with Crippen LogP contribution in [0.3, 0.4) is 0 Å². The monoisotopic (exact) mass is 94.1 g/mol. The second-order valence-electron chi connectivity index (χ2n) is 0.933. The molecule has 0 saturated carbocycles. The number of hydrogen-bond acceptors (Lipinski definition) is 3. The van der Waals surface area contributed by atoms with Crippen molar-refractivity contribution >= 4 is 22.6 Å². The van der Waals surface area contributed by atoms with Crippen LogP contribution in [0.25, 0.3) is 0 Å². The Balaban J connectivity index is 0.000000360. The average molecular weight is 93.5 g/mol. The Morgan fingerprint density at radius 1 is 0.714 bits per heavy atom. The minimum absolute atomic E-state index is 0. The lowest BCUT2D eigenvalue weighted by Gasteiger charge is -2.07. The third-order valence-electron chi connectivity index (χ3n) is 0.500. The van der Waals surface area contributed by atoms with Crippen LogP contribution in [0.2, 0.25) is 0 Å². The fourth-order valence-corrected chi connectivity index (χ4v) is 0.269. The van der Waals surface area contributed by atoms with Crippen molar-refractivity contribution in [3.8, 4) is 0 Å². The van der Waals surface area contributed by atoms with Crippen molar-refractivity contribution in [3.63, 3.8) is 0 Å². The van der Waals surface area contributed by atoms with Gasteiger partial charge >= 0.3 is 0 Å². The van der Waals surface area contributed by atoms with Crippen molar-refractivity contribution in [1.82, 2.24) is 15.4 Å². The number of hydrogen-bond donors (Lipinski definition) is 3. The Labute approximate surface area is 46.5 Å². The molecule has 0 aromatic carbocycles. The second-order valence-corrected chi connectivity index (χ2v) is 0.933. The first-order valence-electron chi connectivity index (χ1n) is 1.73. The lowest BCUT2D eigenvalue weighted by atomic mass is 9.85. The second kappa shape index (κ2) is 4.24. The molecule has 6 heteroatoms. The summed E-state index contributed by atoms with van der Waals surface area (Å²) >= 11 is 0. The van der Waals surface area contributed by atoms with E-state index in [1.54, 1.807) is 22.6 Å². The van der Waals surface area contributed by atoms with Crippen molar-refractivity contribution in [3.05, 3.63) is 0 Å². The Bertz CT molecular complexity index is 25.7.